The number of esters is 1. The minimum Gasteiger partial charge on any atom is -0.493 e. The summed E-state index contributed by atoms with van der Waals surface area (Å²) in [5.74, 6) is -0.921. The van der Waals surface area contributed by atoms with E-state index in [1.165, 1.54) is 19.4 Å². The second kappa shape index (κ2) is 13.7. The first-order valence-corrected chi connectivity index (χ1v) is 11.9. The molecule has 0 radical (unpaired) electrons. The molecule has 2 N–H and O–H groups in total. The van der Waals surface area contributed by atoms with E-state index < -0.39 is 23.8 Å². The number of nitrogens with zero attached hydrogens (tertiary/aromatic N) is 1. The van der Waals surface area contributed by atoms with Gasteiger partial charge in [-0.05, 0) is 64.7 Å². The monoisotopic (exact) mass is 567 g/mol. The van der Waals surface area contributed by atoms with Crippen LogP contribution in [0.2, 0.25) is 5.02 Å². The molecule has 1 atom stereocenters. The van der Waals surface area contributed by atoms with Crippen LogP contribution >= 0.6 is 27.5 Å². The Morgan fingerprint density at radius 3 is 2.57 bits per heavy atom. The first kappa shape index (κ1) is 28.1. The minimum absolute atomic E-state index is 0.196. The topological polar surface area (TPSA) is 115 Å². The fraction of sp³-hybridized carbons (Fsp3) is 0.333. The summed E-state index contributed by atoms with van der Waals surface area (Å²) in [5.41, 5.74) is 3.38. The zero-order valence-electron chi connectivity index (χ0n) is 19.8. The van der Waals surface area contributed by atoms with Crippen LogP contribution in [0.15, 0.2) is 46.0 Å². The molecular weight excluding hydrogens is 542 g/mol. The van der Waals surface area contributed by atoms with Gasteiger partial charge in [-0.25, -0.2) is 10.2 Å². The number of hydrazone groups is 1. The summed E-state index contributed by atoms with van der Waals surface area (Å²) in [6.07, 6.45) is 1.41. The van der Waals surface area contributed by atoms with Crippen molar-refractivity contribution in [2.24, 2.45) is 11.0 Å². The van der Waals surface area contributed by atoms with E-state index in [0.29, 0.717) is 32.1 Å². The van der Waals surface area contributed by atoms with Crippen molar-refractivity contribution in [2.45, 2.75) is 26.8 Å². The molecule has 0 aliphatic carbocycles. The van der Waals surface area contributed by atoms with Crippen molar-refractivity contribution in [3.63, 3.8) is 0 Å². The molecule has 0 aromatic heterocycles. The largest absolute Gasteiger partial charge is 0.493 e. The van der Waals surface area contributed by atoms with Gasteiger partial charge < -0.3 is 19.5 Å². The number of amides is 2. The van der Waals surface area contributed by atoms with Gasteiger partial charge in [0.15, 0.2) is 18.1 Å². The highest BCUT2D eigenvalue weighted by Crippen LogP contribution is 2.36. The van der Waals surface area contributed by atoms with Crippen molar-refractivity contribution in [3.05, 3.63) is 57.0 Å². The number of hydrogen-bond acceptors (Lipinski definition) is 7. The minimum atomic E-state index is -0.821. The number of halogens is 2. The molecule has 0 aliphatic rings. The third-order valence-corrected chi connectivity index (χ3v) is 5.43. The van der Waals surface area contributed by atoms with E-state index in [2.05, 4.69) is 31.8 Å². The van der Waals surface area contributed by atoms with Gasteiger partial charge >= 0.3 is 5.97 Å². The molecule has 2 aromatic rings. The van der Waals surface area contributed by atoms with E-state index in [0.717, 1.165) is 0 Å². The van der Waals surface area contributed by atoms with Gasteiger partial charge in [0.05, 0.1) is 24.4 Å². The van der Waals surface area contributed by atoms with Crippen molar-refractivity contribution < 1.29 is 28.6 Å². The van der Waals surface area contributed by atoms with Crippen LogP contribution in [0.25, 0.3) is 0 Å². The number of carbonyl (C=O) groups excluding carboxylic acids is 3. The molecule has 1 unspecified atom stereocenters. The number of methoxy groups -OCH3 is 1. The van der Waals surface area contributed by atoms with Gasteiger partial charge in [-0.15, -0.1) is 0 Å². The highest BCUT2D eigenvalue weighted by molar-refractivity contribution is 9.10. The van der Waals surface area contributed by atoms with Gasteiger partial charge in [0, 0.05) is 10.6 Å². The second-order valence-corrected chi connectivity index (χ2v) is 8.86. The van der Waals surface area contributed by atoms with Crippen LogP contribution in [0.3, 0.4) is 0 Å². The highest BCUT2D eigenvalue weighted by atomic mass is 79.9. The van der Waals surface area contributed by atoms with Gasteiger partial charge in [0.2, 0.25) is 0 Å². The van der Waals surface area contributed by atoms with Gasteiger partial charge in [0.1, 0.15) is 6.04 Å². The van der Waals surface area contributed by atoms with Gasteiger partial charge in [-0.3, -0.25) is 9.59 Å². The Bertz CT molecular complexity index is 1090. The van der Waals surface area contributed by atoms with Crippen molar-refractivity contribution in [1.82, 2.24) is 10.7 Å². The van der Waals surface area contributed by atoms with Crippen LogP contribution in [0.4, 0.5) is 0 Å². The van der Waals surface area contributed by atoms with Gasteiger partial charge in [-0.1, -0.05) is 31.5 Å². The van der Waals surface area contributed by atoms with Crippen molar-refractivity contribution in [1.29, 1.82) is 0 Å². The quantitative estimate of drug-likeness (QED) is 0.241. The lowest BCUT2D eigenvalue weighted by Gasteiger charge is -2.20. The molecule has 35 heavy (non-hydrogen) atoms. The molecule has 2 aromatic carbocycles. The Morgan fingerprint density at radius 1 is 1.20 bits per heavy atom. The average molecular weight is 569 g/mol. The van der Waals surface area contributed by atoms with Gasteiger partial charge in [-0.2, -0.15) is 5.10 Å². The Balaban J connectivity index is 2.07. The number of benzene rings is 2. The summed E-state index contributed by atoms with van der Waals surface area (Å²) in [7, 11) is 1.46. The average Bonchev–Trinajstić information content (AvgIpc) is 2.81. The van der Waals surface area contributed by atoms with Crippen LogP contribution < -0.4 is 20.2 Å². The molecule has 0 saturated carbocycles. The first-order chi connectivity index (χ1) is 16.7. The number of nitrogens with one attached hydrogen (secondary N) is 2. The van der Waals surface area contributed by atoms with E-state index in [9.17, 15) is 14.4 Å². The van der Waals surface area contributed by atoms with Crippen LogP contribution in [0.5, 0.6) is 11.5 Å². The molecule has 0 heterocycles. The van der Waals surface area contributed by atoms with Crippen molar-refractivity contribution >= 4 is 51.5 Å². The lowest BCUT2D eigenvalue weighted by molar-refractivity contribution is -0.145. The summed E-state index contributed by atoms with van der Waals surface area (Å²) in [6.45, 7) is 5.30. The lowest BCUT2D eigenvalue weighted by atomic mass is 10.0. The summed E-state index contributed by atoms with van der Waals surface area (Å²) in [5, 5.41) is 7.13. The molecule has 0 aliphatic heterocycles. The Hall–Kier alpha value is -3.11. The van der Waals surface area contributed by atoms with Crippen molar-refractivity contribution in [2.75, 3.05) is 20.3 Å². The molecule has 0 fully saturated rings. The Labute approximate surface area is 217 Å². The normalized spacial score (nSPS) is 11.7. The van der Waals surface area contributed by atoms with E-state index >= 15 is 0 Å². The molecule has 188 valence electrons. The number of hydrogen-bond donors (Lipinski definition) is 2. The zero-order chi connectivity index (χ0) is 26.0. The number of carbonyl (C=O) groups is 3. The number of rotatable bonds is 11. The summed E-state index contributed by atoms with van der Waals surface area (Å²) in [6, 6.07) is 8.94. The molecule has 2 amide bonds. The molecular formula is C24H27BrClN3O6. The van der Waals surface area contributed by atoms with E-state index in [1.54, 1.807) is 37.3 Å². The smallest absolute Gasteiger partial charge is 0.344 e. The fourth-order valence-corrected chi connectivity index (χ4v) is 3.68. The Morgan fingerprint density at radius 2 is 1.94 bits per heavy atom. The molecule has 11 heteroatoms. The third-order valence-electron chi connectivity index (χ3n) is 4.60. The second-order valence-electron chi connectivity index (χ2n) is 7.57. The standard InChI is InChI=1S/C24H27BrClN3O6/c1-5-34-20(30)13-35-22-18(25)9-15(10-19(22)33-4)12-27-29-24(32)21(14(2)3)28-23(31)16-7-6-8-17(26)11-16/h6-12,14,21H,5,13H2,1-4H3,(H,28,31)(H,29,32)/b27-12+. The first-order valence-electron chi connectivity index (χ1n) is 10.7. The van der Waals surface area contributed by atoms with E-state index in [4.69, 9.17) is 25.8 Å². The molecule has 9 nitrogen and oxygen atoms in total. The maximum Gasteiger partial charge on any atom is 0.344 e. The molecule has 0 spiro atoms. The van der Waals surface area contributed by atoms with Crippen LogP contribution in [0, 0.1) is 5.92 Å². The lowest BCUT2D eigenvalue weighted by Crippen LogP contribution is -2.48. The van der Waals surface area contributed by atoms with Crippen LogP contribution in [-0.2, 0) is 14.3 Å². The molecule has 0 saturated heterocycles. The van der Waals surface area contributed by atoms with Gasteiger partial charge in [0.25, 0.3) is 11.8 Å². The molecule has 0 bridgehead atoms. The van der Waals surface area contributed by atoms with Crippen LogP contribution in [0.1, 0.15) is 36.7 Å². The Kier molecular flexibility index (Phi) is 11.0. The fourth-order valence-electron chi connectivity index (χ4n) is 2.92. The summed E-state index contributed by atoms with van der Waals surface area (Å²) < 4.78 is 16.2. The maximum atomic E-state index is 12.7. The molecule has 2 rings (SSSR count). The maximum absolute atomic E-state index is 12.7. The van der Waals surface area contributed by atoms with E-state index in [-0.39, 0.29) is 19.1 Å². The summed E-state index contributed by atoms with van der Waals surface area (Å²) in [4.78, 5) is 36.8. The SMILES string of the molecule is CCOC(=O)COc1c(Br)cc(/C=N/NC(=O)C(NC(=O)c2cccc(Cl)c2)C(C)C)cc1OC. The summed E-state index contributed by atoms with van der Waals surface area (Å²) >= 11 is 9.33. The highest BCUT2D eigenvalue weighted by Gasteiger charge is 2.24. The predicted molar refractivity (Wildman–Crippen MR) is 136 cm³/mol. The predicted octanol–water partition coefficient (Wildman–Crippen LogP) is 3.96. The third kappa shape index (κ3) is 8.56. The van der Waals surface area contributed by atoms with Crippen LogP contribution in [-0.4, -0.2) is 50.4 Å². The van der Waals surface area contributed by atoms with E-state index in [1.807, 2.05) is 13.8 Å². The van der Waals surface area contributed by atoms with Crippen molar-refractivity contribution in [3.8, 4) is 11.5 Å². The number of ether oxygens (including phenoxy) is 3. The zero-order valence-corrected chi connectivity index (χ0v) is 22.1.